The quantitative estimate of drug-likeness (QED) is 0.542. The van der Waals surface area contributed by atoms with Gasteiger partial charge in [0.15, 0.2) is 0 Å². The van der Waals surface area contributed by atoms with Crippen molar-refractivity contribution in [2.45, 2.75) is 6.42 Å². The molecule has 0 fully saturated rings. The molecule has 3 aromatic rings. The highest BCUT2D eigenvalue weighted by atomic mass is 16.5. The number of benzene rings is 3. The van der Waals surface area contributed by atoms with Crippen LogP contribution in [0.5, 0.6) is 5.75 Å². The molecule has 2 amide bonds. The smallest absolute Gasteiger partial charge is 0.262 e. The second kappa shape index (κ2) is 8.67. The molecule has 0 aliphatic heterocycles. The molecule has 0 heterocycles. The van der Waals surface area contributed by atoms with Gasteiger partial charge in [-0.05, 0) is 28.5 Å². The Labute approximate surface area is 157 Å². The van der Waals surface area contributed by atoms with Gasteiger partial charge < -0.3 is 4.74 Å². The Morgan fingerprint density at radius 2 is 1.67 bits per heavy atom. The van der Waals surface area contributed by atoms with E-state index in [0.29, 0.717) is 5.75 Å². The Morgan fingerprint density at radius 1 is 0.926 bits per heavy atom. The maximum absolute atomic E-state index is 12.2. The van der Waals surface area contributed by atoms with Crippen LogP contribution in [0.3, 0.4) is 0 Å². The summed E-state index contributed by atoms with van der Waals surface area (Å²) in [6, 6.07) is 21.1. The SMILES string of the molecule is COc1ccccc1/C=C/C(=O)NNC(=O)Cc1cccc2ccccc12. The van der Waals surface area contributed by atoms with Gasteiger partial charge in [-0.3, -0.25) is 20.4 Å². The fraction of sp³-hybridized carbons (Fsp3) is 0.0909. The Kier molecular flexibility index (Phi) is 5.84. The maximum atomic E-state index is 12.2. The number of hydrazine groups is 1. The van der Waals surface area contributed by atoms with E-state index in [4.69, 9.17) is 4.74 Å². The number of carbonyl (C=O) groups is 2. The van der Waals surface area contributed by atoms with Gasteiger partial charge in [0.05, 0.1) is 13.5 Å². The van der Waals surface area contributed by atoms with E-state index >= 15 is 0 Å². The van der Waals surface area contributed by atoms with Gasteiger partial charge in [0.25, 0.3) is 5.91 Å². The van der Waals surface area contributed by atoms with Crippen molar-refractivity contribution in [1.29, 1.82) is 0 Å². The van der Waals surface area contributed by atoms with Gasteiger partial charge in [-0.2, -0.15) is 0 Å². The number of para-hydroxylation sites is 1. The van der Waals surface area contributed by atoms with E-state index in [0.717, 1.165) is 21.9 Å². The summed E-state index contributed by atoms with van der Waals surface area (Å²) >= 11 is 0. The lowest BCUT2D eigenvalue weighted by Gasteiger charge is -2.08. The monoisotopic (exact) mass is 360 g/mol. The third kappa shape index (κ3) is 4.73. The summed E-state index contributed by atoms with van der Waals surface area (Å²) < 4.78 is 5.22. The Balaban J connectivity index is 1.57. The highest BCUT2D eigenvalue weighted by Gasteiger charge is 2.07. The average molecular weight is 360 g/mol. The Hall–Kier alpha value is -3.60. The number of hydrogen-bond donors (Lipinski definition) is 2. The van der Waals surface area contributed by atoms with Gasteiger partial charge in [0.1, 0.15) is 5.75 Å². The van der Waals surface area contributed by atoms with Gasteiger partial charge in [-0.1, -0.05) is 60.7 Å². The van der Waals surface area contributed by atoms with Gasteiger partial charge in [-0.25, -0.2) is 0 Å². The van der Waals surface area contributed by atoms with Gasteiger partial charge in [-0.15, -0.1) is 0 Å². The third-order valence-corrected chi connectivity index (χ3v) is 4.11. The molecule has 3 aromatic carbocycles. The molecule has 3 rings (SSSR count). The van der Waals surface area contributed by atoms with Crippen LogP contribution < -0.4 is 15.6 Å². The first kappa shape index (κ1) is 18.2. The molecule has 0 unspecified atom stereocenters. The van der Waals surface area contributed by atoms with Crippen LogP contribution in [0.2, 0.25) is 0 Å². The first-order chi connectivity index (χ1) is 13.2. The lowest BCUT2D eigenvalue weighted by atomic mass is 10.0. The maximum Gasteiger partial charge on any atom is 0.262 e. The summed E-state index contributed by atoms with van der Waals surface area (Å²) in [6.07, 6.45) is 3.15. The predicted molar refractivity (Wildman–Crippen MR) is 106 cm³/mol. The standard InChI is InChI=1S/C22H20N2O3/c1-27-20-12-5-3-8-17(20)13-14-21(25)23-24-22(26)15-18-10-6-9-16-7-2-4-11-19(16)18/h2-14H,15H2,1H3,(H,23,25)(H,24,26)/b14-13+. The molecule has 5 heteroatoms. The van der Waals surface area contributed by atoms with E-state index in [2.05, 4.69) is 10.9 Å². The third-order valence-electron chi connectivity index (χ3n) is 4.11. The zero-order valence-corrected chi connectivity index (χ0v) is 14.9. The van der Waals surface area contributed by atoms with Gasteiger partial charge in [0.2, 0.25) is 5.91 Å². The summed E-state index contributed by atoms with van der Waals surface area (Å²) in [4.78, 5) is 24.1. The molecule has 0 atom stereocenters. The minimum atomic E-state index is -0.424. The fourth-order valence-corrected chi connectivity index (χ4v) is 2.81. The Bertz CT molecular complexity index is 990. The minimum Gasteiger partial charge on any atom is -0.496 e. The van der Waals surface area contributed by atoms with Crippen LogP contribution in [0.4, 0.5) is 0 Å². The number of rotatable bonds is 5. The summed E-state index contributed by atoms with van der Waals surface area (Å²) in [5.41, 5.74) is 6.51. The van der Waals surface area contributed by atoms with E-state index < -0.39 is 5.91 Å². The first-order valence-corrected chi connectivity index (χ1v) is 8.54. The zero-order valence-electron chi connectivity index (χ0n) is 14.9. The van der Waals surface area contributed by atoms with Gasteiger partial charge in [0, 0.05) is 11.6 Å². The average Bonchev–Trinajstić information content (AvgIpc) is 2.71. The zero-order chi connectivity index (χ0) is 19.1. The number of hydrogen-bond acceptors (Lipinski definition) is 3. The molecular weight excluding hydrogens is 340 g/mol. The molecule has 0 aromatic heterocycles. The largest absolute Gasteiger partial charge is 0.496 e. The molecular formula is C22H20N2O3. The number of carbonyl (C=O) groups excluding carboxylic acids is 2. The summed E-state index contributed by atoms with van der Waals surface area (Å²) in [5, 5.41) is 2.10. The number of ether oxygens (including phenoxy) is 1. The molecule has 0 aliphatic rings. The number of fused-ring (bicyclic) bond motifs is 1. The molecule has 136 valence electrons. The minimum absolute atomic E-state index is 0.178. The van der Waals surface area contributed by atoms with Crippen LogP contribution in [0.1, 0.15) is 11.1 Å². The van der Waals surface area contributed by atoms with Crippen molar-refractivity contribution < 1.29 is 14.3 Å². The van der Waals surface area contributed by atoms with Crippen molar-refractivity contribution in [2.75, 3.05) is 7.11 Å². The lowest BCUT2D eigenvalue weighted by molar-refractivity contribution is -0.126. The van der Waals surface area contributed by atoms with Crippen molar-refractivity contribution in [2.24, 2.45) is 0 Å². The molecule has 2 N–H and O–H groups in total. The molecule has 0 saturated heterocycles. The number of nitrogens with one attached hydrogen (secondary N) is 2. The number of methoxy groups -OCH3 is 1. The van der Waals surface area contributed by atoms with Crippen molar-refractivity contribution in [3.05, 3.63) is 83.9 Å². The molecule has 0 saturated carbocycles. The van der Waals surface area contributed by atoms with Crippen LogP contribution in [0, 0.1) is 0 Å². The van der Waals surface area contributed by atoms with Crippen LogP contribution in [0.25, 0.3) is 16.8 Å². The van der Waals surface area contributed by atoms with Crippen LogP contribution in [-0.2, 0) is 16.0 Å². The van der Waals surface area contributed by atoms with Crippen LogP contribution in [-0.4, -0.2) is 18.9 Å². The summed E-state index contributed by atoms with van der Waals surface area (Å²) in [7, 11) is 1.57. The summed E-state index contributed by atoms with van der Waals surface area (Å²) in [6.45, 7) is 0. The normalized spacial score (nSPS) is 10.7. The van der Waals surface area contributed by atoms with Crippen molar-refractivity contribution in [1.82, 2.24) is 10.9 Å². The molecule has 0 spiro atoms. The molecule has 0 bridgehead atoms. The van der Waals surface area contributed by atoms with E-state index in [1.54, 1.807) is 13.2 Å². The molecule has 0 aliphatic carbocycles. The fourth-order valence-electron chi connectivity index (χ4n) is 2.81. The van der Waals surface area contributed by atoms with Crippen LogP contribution in [0.15, 0.2) is 72.8 Å². The van der Waals surface area contributed by atoms with E-state index in [-0.39, 0.29) is 12.3 Å². The van der Waals surface area contributed by atoms with Crippen LogP contribution >= 0.6 is 0 Å². The molecule has 5 nitrogen and oxygen atoms in total. The predicted octanol–water partition coefficient (Wildman–Crippen LogP) is 3.25. The second-order valence-electron chi connectivity index (χ2n) is 5.93. The highest BCUT2D eigenvalue weighted by Crippen LogP contribution is 2.19. The second-order valence-corrected chi connectivity index (χ2v) is 5.93. The number of amides is 2. The van der Waals surface area contributed by atoms with Crippen molar-refractivity contribution in [3.63, 3.8) is 0 Å². The topological polar surface area (TPSA) is 67.4 Å². The Morgan fingerprint density at radius 3 is 2.52 bits per heavy atom. The lowest BCUT2D eigenvalue weighted by Crippen LogP contribution is -2.41. The summed E-state index contributed by atoms with van der Waals surface area (Å²) in [5.74, 6) is -0.0425. The highest BCUT2D eigenvalue weighted by molar-refractivity contribution is 5.94. The van der Waals surface area contributed by atoms with E-state index in [1.807, 2.05) is 66.7 Å². The van der Waals surface area contributed by atoms with E-state index in [9.17, 15) is 9.59 Å². The van der Waals surface area contributed by atoms with E-state index in [1.165, 1.54) is 6.08 Å². The first-order valence-electron chi connectivity index (χ1n) is 8.54. The van der Waals surface area contributed by atoms with Crippen molar-refractivity contribution >= 4 is 28.7 Å². The molecule has 27 heavy (non-hydrogen) atoms. The van der Waals surface area contributed by atoms with Gasteiger partial charge >= 0.3 is 0 Å². The van der Waals surface area contributed by atoms with Crippen molar-refractivity contribution in [3.8, 4) is 5.75 Å². The molecule has 0 radical (unpaired) electrons.